The lowest BCUT2D eigenvalue weighted by Crippen LogP contribution is -2.47. The summed E-state index contributed by atoms with van der Waals surface area (Å²) >= 11 is 0. The van der Waals surface area contributed by atoms with Gasteiger partial charge < -0.3 is 9.64 Å². The molecule has 0 radical (unpaired) electrons. The summed E-state index contributed by atoms with van der Waals surface area (Å²) in [5, 5.41) is 0. The summed E-state index contributed by atoms with van der Waals surface area (Å²) in [6, 6.07) is 8.33. The van der Waals surface area contributed by atoms with Gasteiger partial charge in [0.2, 0.25) is 0 Å². The van der Waals surface area contributed by atoms with Crippen LogP contribution in [-0.4, -0.2) is 37.7 Å². The van der Waals surface area contributed by atoms with Crippen LogP contribution >= 0.6 is 0 Å². The summed E-state index contributed by atoms with van der Waals surface area (Å²) in [6.45, 7) is 7.32. The number of hydrogen-bond acceptors (Lipinski definition) is 4. The first-order valence-corrected chi connectivity index (χ1v) is 8.02. The van der Waals surface area contributed by atoms with Crippen molar-refractivity contribution >= 4 is 11.7 Å². The summed E-state index contributed by atoms with van der Waals surface area (Å²) in [6.07, 6.45) is 1.74. The quantitative estimate of drug-likeness (QED) is 0.786. The molecule has 0 N–H and O–H groups in total. The Labute approximate surface area is 133 Å². The molecule has 0 aromatic heterocycles. The maximum atomic E-state index is 12.8. The van der Waals surface area contributed by atoms with Crippen LogP contribution in [0.1, 0.15) is 39.2 Å². The van der Waals surface area contributed by atoms with Gasteiger partial charge in [-0.15, -0.1) is 0 Å². The molecule has 120 valence electrons. The second kappa shape index (κ2) is 4.98. The molecule has 22 heavy (non-hydrogen) atoms. The van der Waals surface area contributed by atoms with Crippen molar-refractivity contribution in [2.45, 2.75) is 45.4 Å². The lowest BCUT2D eigenvalue weighted by molar-refractivity contribution is -0.149. The van der Waals surface area contributed by atoms with Crippen LogP contribution in [0.2, 0.25) is 0 Å². The predicted molar refractivity (Wildman–Crippen MR) is 87.7 cm³/mol. The van der Waals surface area contributed by atoms with Crippen LogP contribution in [0.3, 0.4) is 0 Å². The van der Waals surface area contributed by atoms with Crippen LogP contribution in [0.5, 0.6) is 0 Å². The number of hydrogen-bond donors (Lipinski definition) is 0. The Bertz CT molecular complexity index is 574. The molecule has 3 rings (SSSR count). The summed E-state index contributed by atoms with van der Waals surface area (Å²) in [7, 11) is 4.04. The zero-order valence-electron chi connectivity index (χ0n) is 14.2. The average Bonchev–Trinajstić information content (AvgIpc) is 2.98. The van der Waals surface area contributed by atoms with Gasteiger partial charge in [0.25, 0.3) is 0 Å². The predicted octanol–water partition coefficient (Wildman–Crippen LogP) is 2.97. The molecule has 0 aliphatic carbocycles. The molecule has 0 unspecified atom stereocenters. The van der Waals surface area contributed by atoms with Crippen LogP contribution in [0.25, 0.3) is 0 Å². The highest BCUT2D eigenvalue weighted by atomic mass is 16.6. The van der Waals surface area contributed by atoms with Crippen molar-refractivity contribution in [1.82, 2.24) is 4.90 Å². The Morgan fingerprint density at radius 2 is 1.86 bits per heavy atom. The van der Waals surface area contributed by atoms with Gasteiger partial charge in [-0.25, -0.2) is 9.69 Å². The van der Waals surface area contributed by atoms with E-state index in [2.05, 4.69) is 54.8 Å². The van der Waals surface area contributed by atoms with Gasteiger partial charge in [0.1, 0.15) is 5.54 Å². The molecule has 2 atom stereocenters. The van der Waals surface area contributed by atoms with Crippen LogP contribution in [-0.2, 0) is 15.1 Å². The summed E-state index contributed by atoms with van der Waals surface area (Å²) in [5.74, 6) is -0.0810. The van der Waals surface area contributed by atoms with Crippen molar-refractivity contribution in [3.05, 3.63) is 29.8 Å². The Morgan fingerprint density at radius 3 is 2.41 bits per heavy atom. The van der Waals surface area contributed by atoms with E-state index >= 15 is 0 Å². The number of nitrogens with zero attached hydrogens (tertiary/aromatic N) is 2. The highest BCUT2D eigenvalue weighted by Crippen LogP contribution is 2.49. The van der Waals surface area contributed by atoms with E-state index in [9.17, 15) is 4.79 Å². The van der Waals surface area contributed by atoms with Crippen LogP contribution in [0.4, 0.5) is 5.69 Å². The van der Waals surface area contributed by atoms with Gasteiger partial charge in [0.05, 0.1) is 0 Å². The van der Waals surface area contributed by atoms with E-state index in [-0.39, 0.29) is 17.6 Å². The van der Waals surface area contributed by atoms with E-state index in [0.29, 0.717) is 0 Å². The number of carbonyl (C=O) groups is 1. The third-order valence-electron chi connectivity index (χ3n) is 4.87. The minimum Gasteiger partial charge on any atom is -0.444 e. The molecule has 2 fully saturated rings. The molecule has 2 heterocycles. The Kier molecular flexibility index (Phi) is 3.48. The molecule has 2 saturated heterocycles. The summed E-state index contributed by atoms with van der Waals surface area (Å²) in [5.41, 5.74) is 1.55. The molecule has 2 aliphatic rings. The average molecular weight is 302 g/mol. The fourth-order valence-electron chi connectivity index (χ4n) is 3.75. The molecule has 4 nitrogen and oxygen atoms in total. The molecule has 0 bridgehead atoms. The van der Waals surface area contributed by atoms with Gasteiger partial charge >= 0.3 is 5.97 Å². The van der Waals surface area contributed by atoms with E-state index in [0.717, 1.165) is 30.6 Å². The number of benzene rings is 1. The number of ether oxygens (including phenoxy) is 1. The molecule has 0 saturated carbocycles. The third kappa shape index (κ3) is 2.12. The Morgan fingerprint density at radius 1 is 1.23 bits per heavy atom. The fourth-order valence-corrected chi connectivity index (χ4v) is 3.75. The van der Waals surface area contributed by atoms with E-state index in [4.69, 9.17) is 4.74 Å². The second-order valence-corrected chi connectivity index (χ2v) is 7.72. The zero-order chi connectivity index (χ0) is 16.1. The largest absolute Gasteiger partial charge is 0.444 e. The first-order valence-electron chi connectivity index (χ1n) is 8.02. The van der Waals surface area contributed by atoms with E-state index in [1.807, 2.05) is 14.1 Å². The first-order chi connectivity index (χ1) is 10.3. The van der Waals surface area contributed by atoms with Crippen molar-refractivity contribution in [3.63, 3.8) is 0 Å². The monoisotopic (exact) mass is 302 g/mol. The molecule has 0 amide bonds. The topological polar surface area (TPSA) is 32.8 Å². The number of rotatable bonds is 2. The van der Waals surface area contributed by atoms with Gasteiger partial charge in [-0.05, 0) is 30.5 Å². The van der Waals surface area contributed by atoms with E-state index < -0.39 is 5.54 Å². The van der Waals surface area contributed by atoms with Crippen LogP contribution < -0.4 is 4.90 Å². The molecule has 0 spiro atoms. The lowest BCUT2D eigenvalue weighted by atomic mass is 9.86. The SMILES string of the molecule is CN(C)c1ccc([C@@]23CCCN2[C@@H](C(C)(C)C)OC3=O)cc1. The first kappa shape index (κ1) is 15.3. The van der Waals surface area contributed by atoms with Crippen molar-refractivity contribution in [2.24, 2.45) is 5.41 Å². The maximum Gasteiger partial charge on any atom is 0.332 e. The van der Waals surface area contributed by atoms with Crippen molar-refractivity contribution in [1.29, 1.82) is 0 Å². The second-order valence-electron chi connectivity index (χ2n) is 7.72. The maximum absolute atomic E-state index is 12.8. The molecule has 4 heteroatoms. The number of fused-ring (bicyclic) bond motifs is 1. The number of anilines is 1. The number of esters is 1. The normalized spacial score (nSPS) is 28.6. The Balaban J connectivity index is 2.02. The molecule has 1 aromatic rings. The molecule has 2 aliphatic heterocycles. The lowest BCUT2D eigenvalue weighted by Gasteiger charge is -2.35. The number of carbonyl (C=O) groups excluding carboxylic acids is 1. The van der Waals surface area contributed by atoms with E-state index in [1.54, 1.807) is 0 Å². The number of cyclic esters (lactones) is 1. The minimum absolute atomic E-state index is 0.0780. The van der Waals surface area contributed by atoms with Gasteiger partial charge in [-0.3, -0.25) is 0 Å². The molecular formula is C18H26N2O2. The van der Waals surface area contributed by atoms with Crippen LogP contribution in [0.15, 0.2) is 24.3 Å². The molecule has 1 aromatic carbocycles. The fraction of sp³-hybridized carbons (Fsp3) is 0.611. The third-order valence-corrected chi connectivity index (χ3v) is 4.87. The minimum atomic E-state index is -0.581. The Hall–Kier alpha value is -1.55. The van der Waals surface area contributed by atoms with E-state index in [1.165, 1.54) is 0 Å². The summed E-state index contributed by atoms with van der Waals surface area (Å²) < 4.78 is 5.80. The summed E-state index contributed by atoms with van der Waals surface area (Å²) in [4.78, 5) is 17.1. The van der Waals surface area contributed by atoms with Gasteiger partial charge in [-0.2, -0.15) is 0 Å². The standard InChI is InChI=1S/C18H26N2O2/c1-17(2,3)15-20-12-6-11-18(20,16(21)22-15)13-7-9-14(10-8-13)19(4)5/h7-10,15H,6,11-12H2,1-5H3/t15-,18-/m1/s1. The van der Waals surface area contributed by atoms with Gasteiger partial charge in [-0.1, -0.05) is 32.9 Å². The van der Waals surface area contributed by atoms with Crippen molar-refractivity contribution in [3.8, 4) is 0 Å². The van der Waals surface area contributed by atoms with Gasteiger partial charge in [0.15, 0.2) is 6.23 Å². The highest BCUT2D eigenvalue weighted by molar-refractivity contribution is 5.85. The molecular weight excluding hydrogens is 276 g/mol. The van der Waals surface area contributed by atoms with Crippen molar-refractivity contribution < 1.29 is 9.53 Å². The smallest absolute Gasteiger partial charge is 0.332 e. The zero-order valence-corrected chi connectivity index (χ0v) is 14.2. The van der Waals surface area contributed by atoms with Gasteiger partial charge in [0, 0.05) is 31.7 Å². The highest BCUT2D eigenvalue weighted by Gasteiger charge is 2.61. The van der Waals surface area contributed by atoms with Crippen LogP contribution in [0, 0.1) is 5.41 Å². The van der Waals surface area contributed by atoms with Crippen molar-refractivity contribution in [2.75, 3.05) is 25.5 Å².